The van der Waals surface area contributed by atoms with Crippen LogP contribution in [0.5, 0.6) is 11.6 Å². The molecule has 0 aliphatic heterocycles. The van der Waals surface area contributed by atoms with E-state index in [9.17, 15) is 14.5 Å². The molecule has 0 spiro atoms. The molecule has 2 rings (SSSR count). The second-order valence-electron chi connectivity index (χ2n) is 4.14. The van der Waals surface area contributed by atoms with Crippen molar-refractivity contribution in [3.05, 3.63) is 45.9 Å². The van der Waals surface area contributed by atoms with E-state index in [2.05, 4.69) is 15.3 Å². The molecule has 8 heteroatoms. The van der Waals surface area contributed by atoms with E-state index in [1.807, 2.05) is 6.92 Å². The molecule has 2 aromatic rings. The van der Waals surface area contributed by atoms with E-state index < -0.39 is 10.7 Å². The number of hydrogen-bond acceptors (Lipinski definition) is 6. The van der Waals surface area contributed by atoms with Crippen LogP contribution >= 0.6 is 0 Å². The number of benzene rings is 1. The number of aromatic nitrogens is 2. The van der Waals surface area contributed by atoms with Crippen LogP contribution in [-0.4, -0.2) is 21.4 Å². The fourth-order valence-corrected chi connectivity index (χ4v) is 1.68. The summed E-state index contributed by atoms with van der Waals surface area (Å²) in [5.74, 6) is -0.645. The van der Waals surface area contributed by atoms with Gasteiger partial charge in [0.25, 0.3) is 11.6 Å². The summed E-state index contributed by atoms with van der Waals surface area (Å²) in [4.78, 5) is 18.0. The molecule has 7 nitrogen and oxygen atoms in total. The van der Waals surface area contributed by atoms with E-state index in [0.29, 0.717) is 12.1 Å². The van der Waals surface area contributed by atoms with Crippen LogP contribution in [0.15, 0.2) is 24.4 Å². The fraction of sp³-hybridized carbons (Fsp3) is 0.231. The predicted molar refractivity (Wildman–Crippen MR) is 74.1 cm³/mol. The Hall–Kier alpha value is -2.77. The zero-order chi connectivity index (χ0) is 15.4. The maximum Gasteiger partial charge on any atom is 0.276 e. The van der Waals surface area contributed by atoms with Crippen LogP contribution in [0.4, 0.5) is 16.0 Å². The first-order chi connectivity index (χ1) is 10.0. The molecule has 0 unspecified atom stereocenters. The lowest BCUT2D eigenvalue weighted by atomic mass is 10.2. The number of nitrogens with zero attached hydrogens (tertiary/aromatic N) is 3. The van der Waals surface area contributed by atoms with Crippen molar-refractivity contribution >= 4 is 11.6 Å². The zero-order valence-corrected chi connectivity index (χ0v) is 11.5. The van der Waals surface area contributed by atoms with Gasteiger partial charge in [-0.25, -0.2) is 4.98 Å². The molecule has 110 valence electrons. The van der Waals surface area contributed by atoms with E-state index in [1.54, 1.807) is 0 Å². The van der Waals surface area contributed by atoms with Crippen molar-refractivity contribution in [3.8, 4) is 11.6 Å². The van der Waals surface area contributed by atoms with Gasteiger partial charge < -0.3 is 10.1 Å². The van der Waals surface area contributed by atoms with Crippen molar-refractivity contribution in [3.63, 3.8) is 0 Å². The van der Waals surface area contributed by atoms with Crippen LogP contribution in [0.2, 0.25) is 0 Å². The fourth-order valence-electron chi connectivity index (χ4n) is 1.68. The number of ether oxygens (including phenoxy) is 1. The van der Waals surface area contributed by atoms with Gasteiger partial charge >= 0.3 is 0 Å². The van der Waals surface area contributed by atoms with Crippen molar-refractivity contribution in [2.45, 2.75) is 13.8 Å². The summed E-state index contributed by atoms with van der Waals surface area (Å²) in [6, 6.07) is 4.32. The lowest BCUT2D eigenvalue weighted by Crippen LogP contribution is -2.04. The Bertz CT molecular complexity index is 678. The lowest BCUT2D eigenvalue weighted by Gasteiger charge is -2.09. The third-order valence-corrected chi connectivity index (χ3v) is 2.71. The summed E-state index contributed by atoms with van der Waals surface area (Å²) in [7, 11) is 0. The number of anilines is 1. The Labute approximate surface area is 120 Å². The Balaban J connectivity index is 2.36. The van der Waals surface area contributed by atoms with Crippen LogP contribution < -0.4 is 10.1 Å². The second-order valence-corrected chi connectivity index (χ2v) is 4.14. The monoisotopic (exact) mass is 292 g/mol. The molecule has 0 saturated carbocycles. The molecule has 21 heavy (non-hydrogen) atoms. The highest BCUT2D eigenvalue weighted by Gasteiger charge is 2.17. The number of nitro benzene ring substituents is 1. The Kier molecular flexibility index (Phi) is 4.27. The Morgan fingerprint density at radius 2 is 2.24 bits per heavy atom. The van der Waals surface area contributed by atoms with E-state index >= 15 is 0 Å². The minimum Gasteiger partial charge on any atom is -0.436 e. The number of hydrogen-bond donors (Lipinski definition) is 1. The molecule has 0 bridgehead atoms. The van der Waals surface area contributed by atoms with Crippen molar-refractivity contribution in [1.29, 1.82) is 0 Å². The van der Waals surface area contributed by atoms with Gasteiger partial charge in [-0.15, -0.1) is 0 Å². The molecule has 0 amide bonds. The number of rotatable bonds is 5. The summed E-state index contributed by atoms with van der Waals surface area (Å²) in [5.41, 5.74) is 0.194. The van der Waals surface area contributed by atoms with E-state index in [1.165, 1.54) is 25.1 Å². The number of nitrogens with one attached hydrogen (secondary N) is 1. The first kappa shape index (κ1) is 14.6. The van der Waals surface area contributed by atoms with Crippen LogP contribution in [0.25, 0.3) is 0 Å². The average molecular weight is 292 g/mol. The van der Waals surface area contributed by atoms with Gasteiger partial charge in [0.15, 0.2) is 0 Å². The third-order valence-electron chi connectivity index (χ3n) is 2.71. The topological polar surface area (TPSA) is 90.2 Å². The van der Waals surface area contributed by atoms with Gasteiger partial charge in [-0.1, -0.05) is 6.07 Å². The standard InChI is InChI=1S/C13H13FN4O3/c1-3-15-13-16-7-9(14)12(17-13)21-11-6-4-5-10(8(11)2)18(19)20/h4-7H,3H2,1-2H3,(H,15,16,17). The molecular formula is C13H13FN4O3. The maximum absolute atomic E-state index is 13.7. The molecule has 1 aromatic carbocycles. The first-order valence-electron chi connectivity index (χ1n) is 6.21. The van der Waals surface area contributed by atoms with Gasteiger partial charge in [0.05, 0.1) is 16.7 Å². The van der Waals surface area contributed by atoms with Gasteiger partial charge in [0.1, 0.15) is 5.75 Å². The minimum atomic E-state index is -0.748. The summed E-state index contributed by atoms with van der Waals surface area (Å²) < 4.78 is 19.0. The van der Waals surface area contributed by atoms with Gasteiger partial charge in [-0.2, -0.15) is 9.37 Å². The highest BCUT2D eigenvalue weighted by atomic mass is 19.1. The Morgan fingerprint density at radius 3 is 2.90 bits per heavy atom. The molecule has 0 aliphatic rings. The van der Waals surface area contributed by atoms with Crippen LogP contribution in [-0.2, 0) is 0 Å². The lowest BCUT2D eigenvalue weighted by molar-refractivity contribution is -0.385. The van der Waals surface area contributed by atoms with Crippen LogP contribution in [0, 0.1) is 22.9 Å². The van der Waals surface area contributed by atoms with Crippen molar-refractivity contribution < 1.29 is 14.1 Å². The molecule has 1 heterocycles. The largest absolute Gasteiger partial charge is 0.436 e. The average Bonchev–Trinajstić information content (AvgIpc) is 2.44. The molecule has 1 N–H and O–H groups in total. The third kappa shape index (κ3) is 3.22. The maximum atomic E-state index is 13.7. The van der Waals surface area contributed by atoms with Crippen LogP contribution in [0.3, 0.4) is 0 Å². The van der Waals surface area contributed by atoms with Crippen molar-refractivity contribution in [2.24, 2.45) is 0 Å². The molecule has 0 saturated heterocycles. The van der Waals surface area contributed by atoms with Crippen molar-refractivity contribution in [2.75, 3.05) is 11.9 Å². The number of nitro groups is 1. The van der Waals surface area contributed by atoms with Crippen LogP contribution in [0.1, 0.15) is 12.5 Å². The molecule has 1 aromatic heterocycles. The zero-order valence-electron chi connectivity index (χ0n) is 11.5. The predicted octanol–water partition coefficient (Wildman–Crippen LogP) is 3.06. The Morgan fingerprint density at radius 1 is 1.48 bits per heavy atom. The van der Waals surface area contributed by atoms with Gasteiger partial charge in [0.2, 0.25) is 11.8 Å². The molecule has 0 aliphatic carbocycles. The normalized spacial score (nSPS) is 10.2. The summed E-state index contributed by atoms with van der Waals surface area (Å²) in [5, 5.41) is 13.7. The second kappa shape index (κ2) is 6.12. The van der Waals surface area contributed by atoms with Gasteiger partial charge in [0, 0.05) is 12.6 Å². The summed E-state index contributed by atoms with van der Waals surface area (Å²) in [6.07, 6.45) is 0.979. The van der Waals surface area contributed by atoms with Crippen molar-refractivity contribution in [1.82, 2.24) is 9.97 Å². The highest BCUT2D eigenvalue weighted by molar-refractivity contribution is 5.49. The first-order valence-corrected chi connectivity index (χ1v) is 6.21. The quantitative estimate of drug-likeness (QED) is 0.672. The molecule has 0 fully saturated rings. The SMILES string of the molecule is CCNc1ncc(F)c(Oc2cccc([N+](=O)[O-])c2C)n1. The highest BCUT2D eigenvalue weighted by Crippen LogP contribution is 2.31. The minimum absolute atomic E-state index is 0.103. The summed E-state index contributed by atoms with van der Waals surface area (Å²) >= 11 is 0. The number of halogens is 1. The van der Waals surface area contributed by atoms with E-state index in [-0.39, 0.29) is 23.3 Å². The van der Waals surface area contributed by atoms with Gasteiger partial charge in [-0.3, -0.25) is 10.1 Å². The summed E-state index contributed by atoms with van der Waals surface area (Å²) in [6.45, 7) is 3.94. The molecule has 0 atom stereocenters. The van der Waals surface area contributed by atoms with E-state index in [4.69, 9.17) is 4.74 Å². The van der Waals surface area contributed by atoms with Gasteiger partial charge in [-0.05, 0) is 19.9 Å². The molecule has 0 radical (unpaired) electrons. The van der Waals surface area contributed by atoms with E-state index in [0.717, 1.165) is 6.20 Å². The smallest absolute Gasteiger partial charge is 0.276 e. The molecular weight excluding hydrogens is 279 g/mol.